The van der Waals surface area contributed by atoms with Crippen molar-refractivity contribution in [3.05, 3.63) is 193 Å². The minimum Gasteiger partial charge on any atom is -0.456 e. The Morgan fingerprint density at radius 3 is 1.67 bits per heavy atom. The van der Waals surface area contributed by atoms with Crippen molar-refractivity contribution in [3.8, 4) is 33.4 Å². The fourth-order valence-corrected chi connectivity index (χ4v) is 9.19. The van der Waals surface area contributed by atoms with E-state index in [9.17, 15) is 5.48 Å². The fourth-order valence-electron chi connectivity index (χ4n) is 9.19. The zero-order valence-electron chi connectivity index (χ0n) is 39.8. The van der Waals surface area contributed by atoms with Crippen LogP contribution in [-0.2, 0) is 0 Å². The molecular formula is C57H38O. The lowest BCUT2D eigenvalue weighted by Gasteiger charge is -2.18. The summed E-state index contributed by atoms with van der Waals surface area (Å²) < 4.78 is 80.7. The predicted molar refractivity (Wildman–Crippen MR) is 249 cm³/mol. The van der Waals surface area contributed by atoms with Crippen molar-refractivity contribution in [3.63, 3.8) is 0 Å². The van der Waals surface area contributed by atoms with Crippen LogP contribution in [0.2, 0.25) is 0 Å². The highest BCUT2D eigenvalue weighted by atomic mass is 16.3. The van der Waals surface area contributed by atoms with Gasteiger partial charge in [-0.25, -0.2) is 0 Å². The number of hydrogen-bond donors (Lipinski definition) is 0. The highest BCUT2D eigenvalue weighted by molar-refractivity contribution is 6.28. The van der Waals surface area contributed by atoms with Gasteiger partial charge in [0, 0.05) is 10.8 Å². The van der Waals surface area contributed by atoms with Crippen LogP contribution in [0.4, 0.5) is 0 Å². The monoisotopic (exact) mass is 746 g/mol. The van der Waals surface area contributed by atoms with Crippen molar-refractivity contribution >= 4 is 86.6 Å². The summed E-state index contributed by atoms with van der Waals surface area (Å²) in [6, 6.07) is 44.1. The van der Waals surface area contributed by atoms with E-state index in [0.717, 1.165) is 43.4 Å². The Labute approximate surface area is 347 Å². The molecule has 0 amide bonds. The van der Waals surface area contributed by atoms with Crippen LogP contribution in [0.15, 0.2) is 192 Å². The van der Waals surface area contributed by atoms with E-state index >= 15 is 0 Å². The molecule has 0 spiro atoms. The molecule has 0 fully saturated rings. The van der Waals surface area contributed by atoms with E-state index in [1.165, 1.54) is 21.7 Å². The summed E-state index contributed by atoms with van der Waals surface area (Å²) in [6.45, 7) is 4.42. The van der Waals surface area contributed by atoms with Crippen molar-refractivity contribution in [2.24, 2.45) is 0 Å². The summed E-state index contributed by atoms with van der Waals surface area (Å²) in [6.07, 6.45) is 0. The van der Waals surface area contributed by atoms with E-state index < -0.39 is 24.2 Å². The van der Waals surface area contributed by atoms with Gasteiger partial charge < -0.3 is 4.42 Å². The van der Waals surface area contributed by atoms with E-state index in [-0.39, 0.29) is 51.3 Å². The lowest BCUT2D eigenvalue weighted by molar-refractivity contribution is 0.669. The van der Waals surface area contributed by atoms with Gasteiger partial charge >= 0.3 is 0 Å². The topological polar surface area (TPSA) is 13.1 Å². The highest BCUT2D eigenvalue weighted by Crippen LogP contribution is 2.48. The second kappa shape index (κ2) is 12.6. The van der Waals surface area contributed by atoms with Crippen molar-refractivity contribution in [2.45, 2.75) is 19.8 Å². The first-order chi connectivity index (χ1) is 31.9. The second-order valence-corrected chi connectivity index (χ2v) is 15.6. The van der Waals surface area contributed by atoms with Gasteiger partial charge in [0.1, 0.15) is 11.2 Å². The summed E-state index contributed by atoms with van der Waals surface area (Å²) in [5, 5.41) is 10.6. The third-order valence-electron chi connectivity index (χ3n) is 12.0. The largest absolute Gasteiger partial charge is 0.456 e. The zero-order chi connectivity index (χ0) is 45.4. The van der Waals surface area contributed by atoms with Gasteiger partial charge in [-0.15, -0.1) is 0 Å². The number of rotatable bonds is 4. The van der Waals surface area contributed by atoms with Crippen LogP contribution >= 0.6 is 0 Å². The van der Waals surface area contributed by atoms with Gasteiger partial charge in [-0.3, -0.25) is 0 Å². The molecule has 1 heteroatoms. The minimum absolute atomic E-state index is 0.163. The molecule has 0 aliphatic heterocycles. The minimum atomic E-state index is -0.442. The number of benzene rings is 11. The standard InChI is InChI=1S/C57H38O/c1-34(2)36-24-27-44-41(30-36)21-22-42-32-40(25-28-45(42)44)37-18-19-39-33-43(23-20-38(39)31-37)54-47-12-5-7-14-49(47)55(50-15-8-6-13-48(50)54)51-16-9-17-52-57(51)56-46-11-4-3-10-35(46)26-29-53(56)58-52/h3-34H,1-2H3/i5D,6D,7D,8D,12D,13D,14D,15D. The first-order valence-electron chi connectivity index (χ1n) is 23.7. The molecular weight excluding hydrogens is 701 g/mol. The summed E-state index contributed by atoms with van der Waals surface area (Å²) in [4.78, 5) is 0. The van der Waals surface area contributed by atoms with Crippen molar-refractivity contribution < 1.29 is 15.4 Å². The molecule has 1 nitrogen and oxygen atoms in total. The van der Waals surface area contributed by atoms with Gasteiger partial charge in [-0.05, 0) is 140 Å². The SMILES string of the molecule is [2H]c1c([2H])c([2H])c2c(-c3cccc4oc5ccc6ccccc6c5c34)c3c([2H])c([2H])c([2H])c([2H])c3c(-c3ccc4cc(-c5ccc6c(ccc7cc(C(C)C)ccc76)c5)ccc4c3)c2c1[2H]. The number of fused-ring (bicyclic) bond motifs is 11. The van der Waals surface area contributed by atoms with Gasteiger partial charge in [-0.2, -0.15) is 0 Å². The lowest BCUT2D eigenvalue weighted by Crippen LogP contribution is -1.91. The molecule has 11 aromatic carbocycles. The molecule has 0 unspecified atom stereocenters. The average molecular weight is 747 g/mol. The molecule has 272 valence electrons. The quantitative estimate of drug-likeness (QED) is 0.129. The second-order valence-electron chi connectivity index (χ2n) is 15.6. The van der Waals surface area contributed by atoms with E-state index in [1.807, 2.05) is 78.9 Å². The zero-order valence-corrected chi connectivity index (χ0v) is 31.8. The predicted octanol–water partition coefficient (Wildman–Crippen LogP) is 16.6. The summed E-state index contributed by atoms with van der Waals surface area (Å²) in [5.41, 5.74) is 6.27. The fraction of sp³-hybridized carbons (Fsp3) is 0.0526. The van der Waals surface area contributed by atoms with E-state index in [1.54, 1.807) is 0 Å². The molecule has 0 saturated carbocycles. The Morgan fingerprint density at radius 1 is 0.397 bits per heavy atom. The maximum absolute atomic E-state index is 9.58. The first kappa shape index (κ1) is 25.8. The van der Waals surface area contributed by atoms with Gasteiger partial charge in [0.25, 0.3) is 0 Å². The van der Waals surface area contributed by atoms with Crippen LogP contribution in [0.25, 0.3) is 120 Å². The number of hydrogen-bond acceptors (Lipinski definition) is 1. The van der Waals surface area contributed by atoms with Gasteiger partial charge in [0.2, 0.25) is 0 Å². The average Bonchev–Trinajstić information content (AvgIpc) is 3.74. The molecule has 0 atom stereocenters. The molecule has 12 aromatic rings. The smallest absolute Gasteiger partial charge is 0.136 e. The van der Waals surface area contributed by atoms with Gasteiger partial charge in [0.05, 0.1) is 11.0 Å². The molecule has 0 saturated heterocycles. The molecule has 0 aliphatic carbocycles. The maximum atomic E-state index is 9.58. The Hall–Kier alpha value is -7.22. The number of furan rings is 1. The van der Waals surface area contributed by atoms with Crippen LogP contribution in [0.3, 0.4) is 0 Å². The first-order valence-corrected chi connectivity index (χ1v) is 19.7. The van der Waals surface area contributed by atoms with Crippen LogP contribution in [0, 0.1) is 0 Å². The molecule has 0 N–H and O–H groups in total. The Kier molecular flexibility index (Phi) is 5.63. The van der Waals surface area contributed by atoms with Crippen molar-refractivity contribution in [1.29, 1.82) is 0 Å². The van der Waals surface area contributed by atoms with Crippen LogP contribution in [0.1, 0.15) is 36.3 Å². The van der Waals surface area contributed by atoms with Crippen molar-refractivity contribution in [2.75, 3.05) is 0 Å². The van der Waals surface area contributed by atoms with Crippen molar-refractivity contribution in [1.82, 2.24) is 0 Å². The Balaban J connectivity index is 1.12. The third-order valence-corrected chi connectivity index (χ3v) is 12.0. The summed E-state index contributed by atoms with van der Waals surface area (Å²) in [7, 11) is 0. The highest BCUT2D eigenvalue weighted by Gasteiger charge is 2.21. The van der Waals surface area contributed by atoms with Gasteiger partial charge in [0.15, 0.2) is 0 Å². The van der Waals surface area contributed by atoms with Gasteiger partial charge in [-0.1, -0.05) is 171 Å². The molecule has 12 rings (SSSR count). The molecule has 0 radical (unpaired) electrons. The van der Waals surface area contributed by atoms with E-state index in [0.29, 0.717) is 39.2 Å². The van der Waals surface area contributed by atoms with Crippen LogP contribution < -0.4 is 0 Å². The Morgan fingerprint density at radius 2 is 0.948 bits per heavy atom. The maximum Gasteiger partial charge on any atom is 0.136 e. The Bertz CT molecular complexity index is 4050. The lowest BCUT2D eigenvalue weighted by atomic mass is 9.84. The molecule has 58 heavy (non-hydrogen) atoms. The summed E-state index contributed by atoms with van der Waals surface area (Å²) >= 11 is 0. The third kappa shape index (κ3) is 4.96. The molecule has 1 heterocycles. The van der Waals surface area contributed by atoms with E-state index in [4.69, 9.17) is 9.90 Å². The molecule has 1 aromatic heterocycles. The molecule has 0 bridgehead atoms. The van der Waals surface area contributed by atoms with Crippen LogP contribution in [-0.4, -0.2) is 0 Å². The van der Waals surface area contributed by atoms with Crippen LogP contribution in [0.5, 0.6) is 0 Å². The van der Waals surface area contributed by atoms with E-state index in [2.05, 4.69) is 74.5 Å². The molecule has 0 aliphatic rings. The summed E-state index contributed by atoms with van der Waals surface area (Å²) in [5.74, 6) is 0.450. The normalized spacial score (nSPS) is 14.1.